The van der Waals surface area contributed by atoms with Crippen molar-refractivity contribution in [2.24, 2.45) is 5.92 Å². The van der Waals surface area contributed by atoms with E-state index in [1.807, 2.05) is 6.07 Å². The smallest absolute Gasteiger partial charge is 0.248 e. The molecule has 0 aromatic carbocycles. The maximum absolute atomic E-state index is 12.3. The minimum atomic E-state index is -0.465. The number of amides is 2. The van der Waals surface area contributed by atoms with Crippen molar-refractivity contribution in [2.75, 3.05) is 10.2 Å². The zero-order chi connectivity index (χ0) is 12.7. The lowest BCUT2D eigenvalue weighted by atomic mass is 10.1. The fraction of sp³-hybridized carbons (Fsp3) is 0.462. The Kier molecular flexibility index (Phi) is 2.54. The van der Waals surface area contributed by atoms with Gasteiger partial charge in [-0.1, -0.05) is 0 Å². The van der Waals surface area contributed by atoms with Crippen molar-refractivity contribution >= 4 is 23.3 Å². The fourth-order valence-electron chi connectivity index (χ4n) is 2.25. The molecule has 0 saturated heterocycles. The summed E-state index contributed by atoms with van der Waals surface area (Å²) in [5.74, 6) is 0.832. The third-order valence-corrected chi connectivity index (χ3v) is 3.48. The number of nitrogens with one attached hydrogen (secondary N) is 1. The van der Waals surface area contributed by atoms with E-state index in [1.165, 1.54) is 0 Å². The molecule has 3 rings (SSSR count). The first-order chi connectivity index (χ1) is 8.66. The van der Waals surface area contributed by atoms with Gasteiger partial charge in [0.15, 0.2) is 5.82 Å². The van der Waals surface area contributed by atoms with Gasteiger partial charge < -0.3 is 5.32 Å². The lowest BCUT2D eigenvalue weighted by Crippen LogP contribution is -2.49. The molecular weight excluding hydrogens is 230 g/mol. The summed E-state index contributed by atoms with van der Waals surface area (Å²) in [5.41, 5.74) is 0.704. The van der Waals surface area contributed by atoms with Gasteiger partial charge in [0.25, 0.3) is 0 Å². The summed E-state index contributed by atoms with van der Waals surface area (Å²) in [6.45, 7) is 1.75. The van der Waals surface area contributed by atoms with Gasteiger partial charge in [-0.15, -0.1) is 0 Å². The number of aromatic nitrogens is 1. The lowest BCUT2D eigenvalue weighted by molar-refractivity contribution is -0.123. The normalized spacial score (nSPS) is 22.4. The Morgan fingerprint density at radius 1 is 1.56 bits per heavy atom. The van der Waals surface area contributed by atoms with Crippen LogP contribution in [0.25, 0.3) is 0 Å². The Morgan fingerprint density at radius 2 is 2.33 bits per heavy atom. The summed E-state index contributed by atoms with van der Waals surface area (Å²) in [4.78, 5) is 29.8. The zero-order valence-corrected chi connectivity index (χ0v) is 10.2. The van der Waals surface area contributed by atoms with E-state index in [-0.39, 0.29) is 11.8 Å². The highest BCUT2D eigenvalue weighted by Gasteiger charge is 2.36. The summed E-state index contributed by atoms with van der Waals surface area (Å²) < 4.78 is 0. The van der Waals surface area contributed by atoms with Gasteiger partial charge in [-0.05, 0) is 37.8 Å². The largest absolute Gasteiger partial charge is 0.307 e. The van der Waals surface area contributed by atoms with E-state index in [0.717, 1.165) is 12.8 Å². The topological polar surface area (TPSA) is 62.3 Å². The molecule has 0 spiro atoms. The number of hydrogen-bond donors (Lipinski definition) is 1. The minimum Gasteiger partial charge on any atom is -0.307 e. The van der Waals surface area contributed by atoms with Gasteiger partial charge in [0.1, 0.15) is 6.04 Å². The highest BCUT2D eigenvalue weighted by atomic mass is 16.2. The Bertz CT molecular complexity index is 511. The summed E-state index contributed by atoms with van der Waals surface area (Å²) in [7, 11) is 0. The Balaban J connectivity index is 1.94. The Hall–Kier alpha value is -1.91. The van der Waals surface area contributed by atoms with Crippen LogP contribution in [0.1, 0.15) is 26.2 Å². The molecule has 94 valence electrons. The highest BCUT2D eigenvalue weighted by Crippen LogP contribution is 2.36. The monoisotopic (exact) mass is 245 g/mol. The molecule has 1 fully saturated rings. The van der Waals surface area contributed by atoms with Crippen molar-refractivity contribution in [3.05, 3.63) is 18.3 Å². The van der Waals surface area contributed by atoms with Crippen LogP contribution < -0.4 is 10.2 Å². The Morgan fingerprint density at radius 3 is 3.06 bits per heavy atom. The number of carbonyl (C=O) groups is 2. The molecule has 1 aliphatic carbocycles. The maximum Gasteiger partial charge on any atom is 0.248 e. The van der Waals surface area contributed by atoms with Gasteiger partial charge in [0.05, 0.1) is 5.69 Å². The second-order valence-electron chi connectivity index (χ2n) is 4.95. The van der Waals surface area contributed by atoms with Gasteiger partial charge in [0.2, 0.25) is 11.8 Å². The van der Waals surface area contributed by atoms with Crippen LogP contribution in [-0.2, 0) is 9.59 Å². The van der Waals surface area contributed by atoms with Crippen molar-refractivity contribution < 1.29 is 9.59 Å². The van der Waals surface area contributed by atoms with E-state index in [1.54, 1.807) is 24.1 Å². The molecule has 2 heterocycles. The predicted molar refractivity (Wildman–Crippen MR) is 67.2 cm³/mol. The molecule has 1 saturated carbocycles. The molecule has 1 atom stereocenters. The molecule has 1 unspecified atom stereocenters. The zero-order valence-electron chi connectivity index (χ0n) is 10.2. The molecule has 0 bridgehead atoms. The highest BCUT2D eigenvalue weighted by molar-refractivity contribution is 6.10. The van der Waals surface area contributed by atoms with Gasteiger partial charge in [-0.2, -0.15) is 0 Å². The number of hydrogen-bond acceptors (Lipinski definition) is 3. The SMILES string of the molecule is CC1C(=O)Nc2ncccc2N1C(=O)CC1CC1. The molecule has 1 aromatic heterocycles. The molecule has 5 heteroatoms. The van der Waals surface area contributed by atoms with Crippen LogP contribution in [0.15, 0.2) is 18.3 Å². The molecular formula is C13H15N3O2. The number of pyridine rings is 1. The predicted octanol–water partition coefficient (Wildman–Crippen LogP) is 1.56. The van der Waals surface area contributed by atoms with Gasteiger partial charge >= 0.3 is 0 Å². The quantitative estimate of drug-likeness (QED) is 0.860. The van der Waals surface area contributed by atoms with E-state index in [9.17, 15) is 9.59 Å². The molecule has 2 amide bonds. The first-order valence-corrected chi connectivity index (χ1v) is 6.25. The molecule has 5 nitrogen and oxygen atoms in total. The van der Waals surface area contributed by atoms with Crippen LogP contribution in [0.3, 0.4) is 0 Å². The molecule has 0 radical (unpaired) electrons. The van der Waals surface area contributed by atoms with E-state index in [2.05, 4.69) is 10.3 Å². The van der Waals surface area contributed by atoms with Crippen molar-refractivity contribution in [3.8, 4) is 0 Å². The van der Waals surface area contributed by atoms with Crippen molar-refractivity contribution in [1.82, 2.24) is 4.98 Å². The van der Waals surface area contributed by atoms with E-state index >= 15 is 0 Å². The lowest BCUT2D eigenvalue weighted by Gasteiger charge is -2.33. The van der Waals surface area contributed by atoms with Crippen LogP contribution in [0.2, 0.25) is 0 Å². The molecule has 1 aliphatic heterocycles. The second kappa shape index (κ2) is 4.08. The maximum atomic E-state index is 12.3. The van der Waals surface area contributed by atoms with Crippen LogP contribution >= 0.6 is 0 Å². The molecule has 2 aliphatic rings. The number of anilines is 2. The molecule has 1 N–H and O–H groups in total. The standard InChI is InChI=1S/C13H15N3O2/c1-8-13(18)15-12-10(3-2-6-14-12)16(8)11(17)7-9-4-5-9/h2-3,6,8-9H,4-5,7H2,1H3,(H,14,15,18). The first kappa shape index (κ1) is 11.2. The van der Waals surface area contributed by atoms with Crippen LogP contribution in [0.5, 0.6) is 0 Å². The molecule has 18 heavy (non-hydrogen) atoms. The van der Waals surface area contributed by atoms with Gasteiger partial charge in [0, 0.05) is 12.6 Å². The van der Waals surface area contributed by atoms with Crippen LogP contribution in [0, 0.1) is 5.92 Å². The average Bonchev–Trinajstić information content (AvgIpc) is 3.14. The Labute approximate surface area is 105 Å². The van der Waals surface area contributed by atoms with Crippen molar-refractivity contribution in [1.29, 1.82) is 0 Å². The number of nitrogens with zero attached hydrogens (tertiary/aromatic N) is 2. The van der Waals surface area contributed by atoms with E-state index in [4.69, 9.17) is 0 Å². The number of fused-ring (bicyclic) bond motifs is 1. The van der Waals surface area contributed by atoms with Crippen LogP contribution in [0.4, 0.5) is 11.5 Å². The summed E-state index contributed by atoms with van der Waals surface area (Å²) >= 11 is 0. The minimum absolute atomic E-state index is 0.0223. The number of carbonyl (C=O) groups excluding carboxylic acids is 2. The molecule has 1 aromatic rings. The average molecular weight is 245 g/mol. The summed E-state index contributed by atoms with van der Waals surface area (Å²) in [5, 5.41) is 2.72. The van der Waals surface area contributed by atoms with E-state index in [0.29, 0.717) is 23.8 Å². The van der Waals surface area contributed by atoms with E-state index < -0.39 is 6.04 Å². The van der Waals surface area contributed by atoms with Gasteiger partial charge in [-0.25, -0.2) is 4.98 Å². The second-order valence-corrected chi connectivity index (χ2v) is 4.95. The van der Waals surface area contributed by atoms with Crippen LogP contribution in [-0.4, -0.2) is 22.8 Å². The third-order valence-electron chi connectivity index (χ3n) is 3.48. The summed E-state index contributed by atoms with van der Waals surface area (Å²) in [6, 6.07) is 3.14. The summed E-state index contributed by atoms with van der Waals surface area (Å²) in [6.07, 6.45) is 4.39. The number of rotatable bonds is 2. The first-order valence-electron chi connectivity index (χ1n) is 6.25. The van der Waals surface area contributed by atoms with Gasteiger partial charge in [-0.3, -0.25) is 14.5 Å². The fourth-order valence-corrected chi connectivity index (χ4v) is 2.25. The third kappa shape index (κ3) is 1.85. The van der Waals surface area contributed by atoms with Crippen molar-refractivity contribution in [2.45, 2.75) is 32.2 Å². The van der Waals surface area contributed by atoms with Crippen molar-refractivity contribution in [3.63, 3.8) is 0 Å².